The lowest BCUT2D eigenvalue weighted by Gasteiger charge is -2.33. The topological polar surface area (TPSA) is 57.6 Å². The van der Waals surface area contributed by atoms with Gasteiger partial charge < -0.3 is 10.0 Å². The molecule has 1 aliphatic heterocycles. The lowest BCUT2D eigenvalue weighted by Crippen LogP contribution is -2.40. The first-order chi connectivity index (χ1) is 11.1. The fourth-order valence-electron chi connectivity index (χ4n) is 4.23. The molecule has 1 aromatic rings. The number of benzene rings is 1. The number of carboxylic acids is 1. The molecular formula is C19H23NO3. The Labute approximate surface area is 136 Å². The van der Waals surface area contributed by atoms with Crippen LogP contribution in [0, 0.1) is 11.3 Å². The third-order valence-electron chi connectivity index (χ3n) is 6.27. The molecule has 3 fully saturated rings. The highest BCUT2D eigenvalue weighted by atomic mass is 16.4. The van der Waals surface area contributed by atoms with Crippen molar-refractivity contribution in [2.75, 3.05) is 13.1 Å². The van der Waals surface area contributed by atoms with Crippen molar-refractivity contribution >= 4 is 11.9 Å². The van der Waals surface area contributed by atoms with E-state index in [0.29, 0.717) is 19.0 Å². The summed E-state index contributed by atoms with van der Waals surface area (Å²) in [6, 6.07) is 8.11. The number of hydrogen-bond acceptors (Lipinski definition) is 2. The van der Waals surface area contributed by atoms with Crippen molar-refractivity contribution < 1.29 is 14.7 Å². The van der Waals surface area contributed by atoms with E-state index in [2.05, 4.69) is 12.1 Å². The molecule has 3 aliphatic rings. The highest BCUT2D eigenvalue weighted by Crippen LogP contribution is 2.59. The SMILES string of the molecule is O=C(O)C1CC12CCN(C(=O)c1ccc(C3CCC3)cc1)CC2. The van der Waals surface area contributed by atoms with Gasteiger partial charge in [-0.05, 0) is 61.1 Å². The molecular weight excluding hydrogens is 290 g/mol. The van der Waals surface area contributed by atoms with Crippen molar-refractivity contribution in [2.45, 2.75) is 44.4 Å². The number of nitrogens with zero attached hydrogens (tertiary/aromatic N) is 1. The Kier molecular flexibility index (Phi) is 3.43. The number of hydrogen-bond donors (Lipinski definition) is 1. The summed E-state index contributed by atoms with van der Waals surface area (Å²) >= 11 is 0. The molecule has 2 saturated carbocycles. The van der Waals surface area contributed by atoms with Crippen LogP contribution in [0.3, 0.4) is 0 Å². The second-order valence-corrected chi connectivity index (χ2v) is 7.50. The summed E-state index contributed by atoms with van der Waals surface area (Å²) in [5, 5.41) is 9.14. The second-order valence-electron chi connectivity index (χ2n) is 7.50. The zero-order chi connectivity index (χ0) is 16.0. The van der Waals surface area contributed by atoms with E-state index < -0.39 is 5.97 Å². The normalized spacial score (nSPS) is 25.9. The average Bonchev–Trinajstić information content (AvgIpc) is 3.21. The van der Waals surface area contributed by atoms with Gasteiger partial charge in [0.1, 0.15) is 0 Å². The van der Waals surface area contributed by atoms with Crippen molar-refractivity contribution in [3.8, 4) is 0 Å². The average molecular weight is 313 g/mol. The monoisotopic (exact) mass is 313 g/mol. The number of carbonyl (C=O) groups is 2. The molecule has 23 heavy (non-hydrogen) atoms. The van der Waals surface area contributed by atoms with Crippen LogP contribution in [-0.2, 0) is 4.79 Å². The Morgan fingerprint density at radius 3 is 2.22 bits per heavy atom. The minimum atomic E-state index is -0.670. The van der Waals surface area contributed by atoms with Gasteiger partial charge in [0, 0.05) is 18.7 Å². The minimum Gasteiger partial charge on any atom is -0.481 e. The summed E-state index contributed by atoms with van der Waals surface area (Å²) in [6.07, 6.45) is 6.31. The Hall–Kier alpha value is -1.84. The van der Waals surface area contributed by atoms with Gasteiger partial charge in [-0.15, -0.1) is 0 Å². The number of carbonyl (C=O) groups excluding carboxylic acids is 1. The van der Waals surface area contributed by atoms with Gasteiger partial charge >= 0.3 is 5.97 Å². The van der Waals surface area contributed by atoms with Gasteiger partial charge in [-0.3, -0.25) is 9.59 Å². The molecule has 0 radical (unpaired) electrons. The molecule has 1 amide bonds. The number of aliphatic carboxylic acids is 1. The number of likely N-dealkylation sites (tertiary alicyclic amines) is 1. The molecule has 4 nitrogen and oxygen atoms in total. The molecule has 0 aromatic heterocycles. The van der Waals surface area contributed by atoms with E-state index in [-0.39, 0.29) is 17.2 Å². The van der Waals surface area contributed by atoms with Crippen LogP contribution >= 0.6 is 0 Å². The summed E-state index contributed by atoms with van der Waals surface area (Å²) in [5.41, 5.74) is 2.10. The Morgan fingerprint density at radius 1 is 1.09 bits per heavy atom. The van der Waals surface area contributed by atoms with E-state index in [9.17, 15) is 9.59 Å². The predicted molar refractivity (Wildman–Crippen MR) is 86.3 cm³/mol. The summed E-state index contributed by atoms with van der Waals surface area (Å²) in [6.45, 7) is 1.37. The highest BCUT2D eigenvalue weighted by Gasteiger charge is 2.59. The molecule has 1 heterocycles. The molecule has 1 aromatic carbocycles. The number of amides is 1. The molecule has 1 spiro atoms. The van der Waals surface area contributed by atoms with Crippen molar-refractivity contribution in [1.82, 2.24) is 4.90 Å². The Morgan fingerprint density at radius 2 is 1.74 bits per heavy atom. The standard InChI is InChI=1S/C19H23NO3/c21-17(15-6-4-14(5-7-15)13-2-1-3-13)20-10-8-19(9-11-20)12-16(19)18(22)23/h4-7,13,16H,1-3,8-12H2,(H,22,23). The van der Waals surface area contributed by atoms with E-state index in [0.717, 1.165) is 24.8 Å². The van der Waals surface area contributed by atoms with Crippen LogP contribution in [0.25, 0.3) is 0 Å². The van der Waals surface area contributed by atoms with E-state index in [4.69, 9.17) is 5.11 Å². The molecule has 122 valence electrons. The minimum absolute atomic E-state index is 0.0172. The molecule has 1 unspecified atom stereocenters. The van der Waals surface area contributed by atoms with Crippen molar-refractivity contribution in [1.29, 1.82) is 0 Å². The first-order valence-corrected chi connectivity index (χ1v) is 8.71. The van der Waals surface area contributed by atoms with Crippen LogP contribution in [0.1, 0.15) is 60.4 Å². The van der Waals surface area contributed by atoms with Gasteiger partial charge in [0.25, 0.3) is 5.91 Å². The molecule has 4 rings (SSSR count). The van der Waals surface area contributed by atoms with Gasteiger partial charge in [0.2, 0.25) is 0 Å². The zero-order valence-corrected chi connectivity index (χ0v) is 13.3. The fraction of sp³-hybridized carbons (Fsp3) is 0.579. The quantitative estimate of drug-likeness (QED) is 0.931. The van der Waals surface area contributed by atoms with E-state index in [1.54, 1.807) is 0 Å². The largest absolute Gasteiger partial charge is 0.481 e. The molecule has 0 bridgehead atoms. The fourth-order valence-corrected chi connectivity index (χ4v) is 4.23. The maximum Gasteiger partial charge on any atom is 0.307 e. The summed E-state index contributed by atoms with van der Waals surface area (Å²) in [7, 11) is 0. The first kappa shape index (κ1) is 14.7. The second kappa shape index (κ2) is 5.36. The van der Waals surface area contributed by atoms with Gasteiger partial charge in [0.15, 0.2) is 0 Å². The summed E-state index contributed by atoms with van der Waals surface area (Å²) < 4.78 is 0. The molecule has 2 aliphatic carbocycles. The number of rotatable bonds is 3. The maximum atomic E-state index is 12.6. The molecule has 4 heteroatoms. The predicted octanol–water partition coefficient (Wildman–Crippen LogP) is 3.28. The van der Waals surface area contributed by atoms with Gasteiger partial charge in [-0.25, -0.2) is 0 Å². The van der Waals surface area contributed by atoms with Crippen LogP contribution in [0.2, 0.25) is 0 Å². The third-order valence-corrected chi connectivity index (χ3v) is 6.27. The van der Waals surface area contributed by atoms with E-state index in [1.807, 2.05) is 17.0 Å². The lowest BCUT2D eigenvalue weighted by atomic mass is 9.80. The number of piperidine rings is 1. The van der Waals surface area contributed by atoms with Crippen LogP contribution in [0.4, 0.5) is 0 Å². The smallest absolute Gasteiger partial charge is 0.307 e. The molecule has 1 N–H and O–H groups in total. The van der Waals surface area contributed by atoms with Crippen LogP contribution in [-0.4, -0.2) is 35.0 Å². The van der Waals surface area contributed by atoms with E-state index >= 15 is 0 Å². The first-order valence-electron chi connectivity index (χ1n) is 8.71. The van der Waals surface area contributed by atoms with E-state index in [1.165, 1.54) is 24.8 Å². The molecule has 1 atom stereocenters. The highest BCUT2D eigenvalue weighted by molar-refractivity contribution is 5.94. The van der Waals surface area contributed by atoms with Gasteiger partial charge in [-0.2, -0.15) is 0 Å². The maximum absolute atomic E-state index is 12.6. The van der Waals surface area contributed by atoms with Crippen molar-refractivity contribution in [3.05, 3.63) is 35.4 Å². The Balaban J connectivity index is 1.37. The Bertz CT molecular complexity index is 625. The summed E-state index contributed by atoms with van der Waals surface area (Å²) in [5.74, 6) is -0.0674. The van der Waals surface area contributed by atoms with Gasteiger partial charge in [-0.1, -0.05) is 18.6 Å². The van der Waals surface area contributed by atoms with Crippen LogP contribution in [0.15, 0.2) is 24.3 Å². The van der Waals surface area contributed by atoms with Crippen LogP contribution in [0.5, 0.6) is 0 Å². The zero-order valence-electron chi connectivity index (χ0n) is 13.3. The van der Waals surface area contributed by atoms with Crippen molar-refractivity contribution in [2.24, 2.45) is 11.3 Å². The van der Waals surface area contributed by atoms with Gasteiger partial charge in [0.05, 0.1) is 5.92 Å². The third kappa shape index (κ3) is 2.54. The number of carboxylic acid groups (broad SMARTS) is 1. The summed E-state index contributed by atoms with van der Waals surface area (Å²) in [4.78, 5) is 25.6. The molecule has 1 saturated heterocycles. The van der Waals surface area contributed by atoms with Crippen LogP contribution < -0.4 is 0 Å². The van der Waals surface area contributed by atoms with Crippen molar-refractivity contribution in [3.63, 3.8) is 0 Å². The lowest BCUT2D eigenvalue weighted by molar-refractivity contribution is -0.139.